The van der Waals surface area contributed by atoms with Crippen molar-refractivity contribution in [1.82, 2.24) is 4.98 Å². The zero-order chi connectivity index (χ0) is 24.1. The lowest BCUT2D eigenvalue weighted by atomic mass is 10.0. The second-order valence-electron chi connectivity index (χ2n) is 7.36. The first kappa shape index (κ1) is 24.0. The van der Waals surface area contributed by atoms with Crippen LogP contribution in [-0.2, 0) is 16.0 Å². The summed E-state index contributed by atoms with van der Waals surface area (Å²) in [5.41, 5.74) is 0.413. The Morgan fingerprint density at radius 3 is 2.52 bits per heavy atom. The van der Waals surface area contributed by atoms with Gasteiger partial charge in [-0.2, -0.15) is 4.98 Å². The summed E-state index contributed by atoms with van der Waals surface area (Å²) in [5.74, 6) is -0.913. The third kappa shape index (κ3) is 5.77. The summed E-state index contributed by atoms with van der Waals surface area (Å²) in [7, 11) is 0. The van der Waals surface area contributed by atoms with Gasteiger partial charge in [0, 0.05) is 38.0 Å². The van der Waals surface area contributed by atoms with Crippen molar-refractivity contribution in [2.45, 2.75) is 38.1 Å². The second kappa shape index (κ2) is 10.3. The highest BCUT2D eigenvalue weighted by molar-refractivity contribution is 5.90. The van der Waals surface area contributed by atoms with Crippen LogP contribution in [0.5, 0.6) is 5.88 Å². The Labute approximate surface area is 187 Å². The van der Waals surface area contributed by atoms with Gasteiger partial charge in [-0.1, -0.05) is 12.1 Å². The smallest absolute Gasteiger partial charge is 0.312 e. The van der Waals surface area contributed by atoms with Gasteiger partial charge in [-0.25, -0.2) is 0 Å². The van der Waals surface area contributed by atoms with E-state index in [1.54, 1.807) is 12.1 Å². The highest BCUT2D eigenvalue weighted by atomic mass is 16.6. The lowest BCUT2D eigenvalue weighted by molar-refractivity contribution is -0.384. The topological polar surface area (TPSA) is 187 Å². The van der Waals surface area contributed by atoms with Crippen molar-refractivity contribution in [2.75, 3.05) is 18.5 Å². The molecule has 13 nitrogen and oxygen atoms in total. The third-order valence-corrected chi connectivity index (χ3v) is 5.01. The predicted molar refractivity (Wildman–Crippen MR) is 113 cm³/mol. The number of hydrogen-bond acceptors (Lipinski definition) is 10. The van der Waals surface area contributed by atoms with Gasteiger partial charge in [-0.05, 0) is 5.56 Å². The van der Waals surface area contributed by atoms with E-state index in [4.69, 9.17) is 9.47 Å². The summed E-state index contributed by atoms with van der Waals surface area (Å²) in [6, 6.07) is 7.05. The molecule has 1 unspecified atom stereocenters. The van der Waals surface area contributed by atoms with Crippen LogP contribution in [0.1, 0.15) is 30.6 Å². The standard InChI is InChI=1S/C20H22N4O9/c1-11(26)21-19-15(24(30)31)8-14(17-9-16(27)18(10-25)33-17)20(22-19)32-7-6-12-2-4-13(5-3-12)23(28)29/h2-5,8,16-18,25,27H,6-7,9-10H2,1H3,(H,21,22,26)/t16?,17-,18-/m1/s1. The maximum atomic E-state index is 11.5. The molecular formula is C20H22N4O9. The molecule has 1 aliphatic heterocycles. The minimum atomic E-state index is -0.984. The number of benzene rings is 1. The maximum Gasteiger partial charge on any atom is 0.312 e. The Hall–Kier alpha value is -3.68. The summed E-state index contributed by atoms with van der Waals surface area (Å²) in [6.07, 6.45) is -2.27. The van der Waals surface area contributed by atoms with E-state index in [1.165, 1.54) is 19.1 Å². The van der Waals surface area contributed by atoms with Crippen LogP contribution >= 0.6 is 0 Å². The first-order valence-electron chi connectivity index (χ1n) is 9.97. The third-order valence-electron chi connectivity index (χ3n) is 5.01. The number of nitro benzene ring substituents is 1. The Bertz CT molecular complexity index is 1040. The first-order chi connectivity index (χ1) is 15.7. The number of rotatable bonds is 9. The number of anilines is 1. The molecule has 1 amide bonds. The Morgan fingerprint density at radius 2 is 1.97 bits per heavy atom. The monoisotopic (exact) mass is 462 g/mol. The molecule has 1 aromatic heterocycles. The summed E-state index contributed by atoms with van der Waals surface area (Å²) >= 11 is 0. The van der Waals surface area contributed by atoms with Crippen LogP contribution in [0.2, 0.25) is 0 Å². The molecule has 0 radical (unpaired) electrons. The van der Waals surface area contributed by atoms with Crippen LogP contribution in [0.4, 0.5) is 17.2 Å². The molecule has 1 aromatic carbocycles. The van der Waals surface area contributed by atoms with Gasteiger partial charge in [0.15, 0.2) is 0 Å². The van der Waals surface area contributed by atoms with Crippen LogP contribution in [0.25, 0.3) is 0 Å². The Morgan fingerprint density at radius 1 is 1.27 bits per heavy atom. The molecule has 3 rings (SSSR count). The highest BCUT2D eigenvalue weighted by Gasteiger charge is 2.37. The van der Waals surface area contributed by atoms with Crippen molar-refractivity contribution >= 4 is 23.1 Å². The van der Waals surface area contributed by atoms with Gasteiger partial charge in [0.25, 0.3) is 5.69 Å². The van der Waals surface area contributed by atoms with E-state index in [9.17, 15) is 35.2 Å². The van der Waals surface area contributed by atoms with Crippen LogP contribution in [0, 0.1) is 20.2 Å². The van der Waals surface area contributed by atoms with E-state index < -0.39 is 46.4 Å². The number of nitrogens with one attached hydrogen (secondary N) is 1. The van der Waals surface area contributed by atoms with Crippen molar-refractivity contribution < 1.29 is 34.3 Å². The number of aliphatic hydroxyl groups is 2. The molecule has 0 aliphatic carbocycles. The van der Waals surface area contributed by atoms with Gasteiger partial charge in [-0.15, -0.1) is 0 Å². The minimum Gasteiger partial charge on any atom is -0.477 e. The molecule has 3 N–H and O–H groups in total. The number of nitrogens with zero attached hydrogens (tertiary/aromatic N) is 3. The largest absolute Gasteiger partial charge is 0.477 e. The fourth-order valence-electron chi connectivity index (χ4n) is 3.39. The summed E-state index contributed by atoms with van der Waals surface area (Å²) in [5, 5.41) is 44.0. The predicted octanol–water partition coefficient (Wildman–Crippen LogP) is 1.66. The van der Waals surface area contributed by atoms with E-state index in [0.29, 0.717) is 6.42 Å². The van der Waals surface area contributed by atoms with Crippen molar-refractivity contribution in [1.29, 1.82) is 0 Å². The number of hydrogen-bond donors (Lipinski definition) is 3. The van der Waals surface area contributed by atoms with E-state index in [2.05, 4.69) is 10.3 Å². The molecule has 0 spiro atoms. The maximum absolute atomic E-state index is 11.5. The number of amides is 1. The molecule has 13 heteroatoms. The highest BCUT2D eigenvalue weighted by Crippen LogP contribution is 2.40. The van der Waals surface area contributed by atoms with Crippen molar-refractivity contribution in [3.63, 3.8) is 0 Å². The number of ether oxygens (including phenoxy) is 2. The van der Waals surface area contributed by atoms with E-state index >= 15 is 0 Å². The number of nitro groups is 2. The molecular weight excluding hydrogens is 440 g/mol. The van der Waals surface area contributed by atoms with E-state index in [-0.39, 0.29) is 36.0 Å². The normalized spacial score (nSPS) is 19.8. The molecule has 2 heterocycles. The molecule has 0 saturated carbocycles. The zero-order valence-corrected chi connectivity index (χ0v) is 17.5. The molecule has 0 bridgehead atoms. The van der Waals surface area contributed by atoms with Crippen molar-refractivity contribution in [3.05, 3.63) is 61.7 Å². The number of non-ortho nitro benzene ring substituents is 1. The fraction of sp³-hybridized carbons (Fsp3) is 0.400. The summed E-state index contributed by atoms with van der Waals surface area (Å²) in [6.45, 7) is 0.804. The number of pyridine rings is 1. The molecule has 176 valence electrons. The number of carbonyl (C=O) groups is 1. The molecule has 1 aliphatic rings. The van der Waals surface area contributed by atoms with Crippen LogP contribution in [-0.4, -0.2) is 56.4 Å². The van der Waals surface area contributed by atoms with Crippen LogP contribution in [0.15, 0.2) is 30.3 Å². The van der Waals surface area contributed by atoms with Gasteiger partial charge >= 0.3 is 5.69 Å². The molecule has 1 fully saturated rings. The van der Waals surface area contributed by atoms with Gasteiger partial charge in [-0.3, -0.25) is 25.0 Å². The van der Waals surface area contributed by atoms with Gasteiger partial charge in [0.1, 0.15) is 6.10 Å². The average Bonchev–Trinajstić information content (AvgIpc) is 3.14. The van der Waals surface area contributed by atoms with Gasteiger partial charge in [0.05, 0.1) is 40.8 Å². The molecule has 2 aromatic rings. The molecule has 3 atom stereocenters. The Kier molecular flexibility index (Phi) is 7.48. The van der Waals surface area contributed by atoms with Crippen molar-refractivity contribution in [2.24, 2.45) is 0 Å². The summed E-state index contributed by atoms with van der Waals surface area (Å²) in [4.78, 5) is 36.7. The number of carbonyl (C=O) groups excluding carboxylic acids is 1. The van der Waals surface area contributed by atoms with E-state index in [0.717, 1.165) is 11.6 Å². The molecule has 33 heavy (non-hydrogen) atoms. The second-order valence-corrected chi connectivity index (χ2v) is 7.36. The van der Waals surface area contributed by atoms with Gasteiger partial charge < -0.3 is 25.0 Å². The zero-order valence-electron chi connectivity index (χ0n) is 17.5. The Balaban J connectivity index is 1.87. The number of aromatic nitrogens is 1. The van der Waals surface area contributed by atoms with Crippen LogP contribution in [0.3, 0.4) is 0 Å². The first-order valence-corrected chi connectivity index (χ1v) is 9.97. The van der Waals surface area contributed by atoms with Crippen LogP contribution < -0.4 is 10.1 Å². The quantitative estimate of drug-likeness (QED) is 0.365. The number of aliphatic hydroxyl groups excluding tert-OH is 2. The van der Waals surface area contributed by atoms with Crippen molar-refractivity contribution in [3.8, 4) is 5.88 Å². The lowest BCUT2D eigenvalue weighted by Crippen LogP contribution is -2.24. The summed E-state index contributed by atoms with van der Waals surface area (Å²) < 4.78 is 11.4. The fourth-order valence-corrected chi connectivity index (χ4v) is 3.39. The average molecular weight is 462 g/mol. The lowest BCUT2D eigenvalue weighted by Gasteiger charge is -2.17. The molecule has 1 saturated heterocycles. The van der Waals surface area contributed by atoms with E-state index in [1.807, 2.05) is 0 Å². The minimum absolute atomic E-state index is 0.0398. The SMILES string of the molecule is CC(=O)Nc1nc(OCCc2ccc([N+](=O)[O-])cc2)c([C@H]2CC(O)[C@@H](CO)O2)cc1[N+](=O)[O-]. The van der Waals surface area contributed by atoms with Gasteiger partial charge in [0.2, 0.25) is 17.6 Å².